The SMILES string of the molecule is CCOc1ccccc1/C=C1\C(=O)NC(=S)N(c2cccc(Cl)c2Cl)C1=O. The Morgan fingerprint density at radius 2 is 1.89 bits per heavy atom. The van der Waals surface area contributed by atoms with Gasteiger partial charge in [0.1, 0.15) is 11.3 Å². The number of nitrogens with zero attached hydrogens (tertiary/aromatic N) is 1. The molecule has 0 bridgehead atoms. The van der Waals surface area contributed by atoms with Crippen LogP contribution in [0.2, 0.25) is 10.0 Å². The van der Waals surface area contributed by atoms with Crippen molar-refractivity contribution >= 4 is 64.1 Å². The van der Waals surface area contributed by atoms with E-state index in [-0.39, 0.29) is 20.7 Å². The van der Waals surface area contributed by atoms with Gasteiger partial charge in [-0.1, -0.05) is 47.5 Å². The number of amides is 2. The maximum absolute atomic E-state index is 13.1. The molecule has 8 heteroatoms. The van der Waals surface area contributed by atoms with E-state index in [1.807, 2.05) is 13.0 Å². The van der Waals surface area contributed by atoms with Crippen LogP contribution in [-0.4, -0.2) is 23.5 Å². The summed E-state index contributed by atoms with van der Waals surface area (Å²) in [5.74, 6) is -0.626. The zero-order chi connectivity index (χ0) is 19.6. The molecular formula is C19H14Cl2N2O3S. The van der Waals surface area contributed by atoms with E-state index in [9.17, 15) is 9.59 Å². The minimum atomic E-state index is -0.598. The summed E-state index contributed by atoms with van der Waals surface area (Å²) in [7, 11) is 0. The van der Waals surface area contributed by atoms with Crippen molar-refractivity contribution in [2.75, 3.05) is 11.5 Å². The van der Waals surface area contributed by atoms with E-state index in [0.717, 1.165) is 4.90 Å². The number of ether oxygens (including phenoxy) is 1. The highest BCUT2D eigenvalue weighted by Gasteiger charge is 2.35. The quantitative estimate of drug-likeness (QED) is 0.456. The van der Waals surface area contributed by atoms with Crippen LogP contribution in [0, 0.1) is 0 Å². The first kappa shape index (κ1) is 19.4. The fraction of sp³-hybridized carbons (Fsp3) is 0.105. The molecule has 3 rings (SSSR count). The Morgan fingerprint density at radius 3 is 2.63 bits per heavy atom. The second-order valence-electron chi connectivity index (χ2n) is 5.50. The summed E-state index contributed by atoms with van der Waals surface area (Å²) in [5, 5.41) is 2.89. The minimum absolute atomic E-state index is 0.0654. The maximum Gasteiger partial charge on any atom is 0.270 e. The Balaban J connectivity index is 2.07. The first-order valence-electron chi connectivity index (χ1n) is 8.01. The summed E-state index contributed by atoms with van der Waals surface area (Å²) in [5.41, 5.74) is 0.803. The number of anilines is 1. The monoisotopic (exact) mass is 420 g/mol. The summed E-state index contributed by atoms with van der Waals surface area (Å²) in [6, 6.07) is 11.9. The third-order valence-electron chi connectivity index (χ3n) is 3.79. The lowest BCUT2D eigenvalue weighted by Crippen LogP contribution is -2.54. The average molecular weight is 421 g/mol. The number of nitrogens with one attached hydrogen (secondary N) is 1. The molecule has 0 unspecified atom stereocenters. The molecule has 0 atom stereocenters. The number of carbonyl (C=O) groups excluding carboxylic acids is 2. The molecule has 0 radical (unpaired) electrons. The molecule has 0 spiro atoms. The van der Waals surface area contributed by atoms with E-state index in [0.29, 0.717) is 23.6 Å². The van der Waals surface area contributed by atoms with E-state index < -0.39 is 11.8 Å². The van der Waals surface area contributed by atoms with E-state index in [4.69, 9.17) is 40.2 Å². The van der Waals surface area contributed by atoms with Gasteiger partial charge in [-0.2, -0.15) is 0 Å². The van der Waals surface area contributed by atoms with Crippen LogP contribution in [0.1, 0.15) is 12.5 Å². The zero-order valence-electron chi connectivity index (χ0n) is 14.2. The van der Waals surface area contributed by atoms with Crippen LogP contribution in [0.15, 0.2) is 48.0 Å². The second kappa shape index (κ2) is 8.08. The van der Waals surface area contributed by atoms with Gasteiger partial charge in [0.05, 0.1) is 22.3 Å². The lowest BCUT2D eigenvalue weighted by atomic mass is 10.1. The Hall–Kier alpha value is -2.41. The van der Waals surface area contributed by atoms with Crippen molar-refractivity contribution < 1.29 is 14.3 Å². The lowest BCUT2D eigenvalue weighted by molar-refractivity contribution is -0.122. The summed E-state index contributed by atoms with van der Waals surface area (Å²) >= 11 is 17.4. The molecule has 1 fully saturated rings. The zero-order valence-corrected chi connectivity index (χ0v) is 16.5. The number of rotatable bonds is 4. The highest BCUT2D eigenvalue weighted by molar-refractivity contribution is 7.80. The van der Waals surface area contributed by atoms with Crippen LogP contribution in [0.4, 0.5) is 5.69 Å². The van der Waals surface area contributed by atoms with E-state index in [2.05, 4.69) is 5.32 Å². The lowest BCUT2D eigenvalue weighted by Gasteiger charge is -2.29. The molecule has 1 heterocycles. The summed E-state index contributed by atoms with van der Waals surface area (Å²) in [4.78, 5) is 26.6. The second-order valence-corrected chi connectivity index (χ2v) is 6.67. The molecule has 0 aliphatic carbocycles. The van der Waals surface area contributed by atoms with Crippen molar-refractivity contribution in [2.24, 2.45) is 0 Å². The number of carbonyl (C=O) groups is 2. The Labute approximate surface area is 171 Å². The van der Waals surface area contributed by atoms with Gasteiger partial charge in [-0.3, -0.25) is 19.8 Å². The molecule has 2 aromatic carbocycles. The summed E-state index contributed by atoms with van der Waals surface area (Å²) in [6.45, 7) is 2.30. The molecular weight excluding hydrogens is 407 g/mol. The number of para-hydroxylation sites is 1. The van der Waals surface area contributed by atoms with Gasteiger partial charge in [0.15, 0.2) is 5.11 Å². The van der Waals surface area contributed by atoms with Gasteiger partial charge in [0.2, 0.25) is 0 Å². The van der Waals surface area contributed by atoms with Crippen molar-refractivity contribution in [3.05, 3.63) is 63.6 Å². The standard InChI is InChI=1S/C19H14Cl2N2O3S/c1-2-26-15-9-4-3-6-11(15)10-12-17(24)22-19(27)23(18(12)25)14-8-5-7-13(20)16(14)21/h3-10H,2H2,1H3,(H,22,24,27)/b12-10+. The topological polar surface area (TPSA) is 58.6 Å². The molecule has 1 saturated heterocycles. The third kappa shape index (κ3) is 3.83. The minimum Gasteiger partial charge on any atom is -0.493 e. The third-order valence-corrected chi connectivity index (χ3v) is 4.89. The van der Waals surface area contributed by atoms with E-state index in [1.165, 1.54) is 6.08 Å². The molecule has 27 heavy (non-hydrogen) atoms. The van der Waals surface area contributed by atoms with Crippen LogP contribution in [-0.2, 0) is 9.59 Å². The first-order chi connectivity index (χ1) is 12.9. The molecule has 5 nitrogen and oxygen atoms in total. The van der Waals surface area contributed by atoms with Crippen LogP contribution in [0.5, 0.6) is 5.75 Å². The molecule has 138 valence electrons. The van der Waals surface area contributed by atoms with E-state index >= 15 is 0 Å². The van der Waals surface area contributed by atoms with Gasteiger partial charge in [-0.05, 0) is 43.4 Å². The van der Waals surface area contributed by atoms with Crippen molar-refractivity contribution in [1.29, 1.82) is 0 Å². The first-order valence-corrected chi connectivity index (χ1v) is 9.17. The van der Waals surface area contributed by atoms with Gasteiger partial charge in [-0.15, -0.1) is 0 Å². The fourth-order valence-corrected chi connectivity index (χ4v) is 3.24. The van der Waals surface area contributed by atoms with Crippen LogP contribution in [0.25, 0.3) is 6.08 Å². The molecule has 2 aromatic rings. The highest BCUT2D eigenvalue weighted by atomic mass is 35.5. The van der Waals surface area contributed by atoms with Gasteiger partial charge >= 0.3 is 0 Å². The van der Waals surface area contributed by atoms with E-state index in [1.54, 1.807) is 36.4 Å². The number of thiocarbonyl (C=S) groups is 1. The molecule has 1 N–H and O–H groups in total. The number of benzene rings is 2. The van der Waals surface area contributed by atoms with Crippen molar-refractivity contribution in [3.63, 3.8) is 0 Å². The highest BCUT2D eigenvalue weighted by Crippen LogP contribution is 2.34. The predicted molar refractivity (Wildman–Crippen MR) is 110 cm³/mol. The van der Waals surface area contributed by atoms with Crippen molar-refractivity contribution in [3.8, 4) is 5.75 Å². The normalized spacial score (nSPS) is 15.9. The average Bonchev–Trinajstić information content (AvgIpc) is 2.63. The van der Waals surface area contributed by atoms with Crippen LogP contribution >= 0.6 is 35.4 Å². The molecule has 2 amide bonds. The maximum atomic E-state index is 13.1. The molecule has 1 aliphatic rings. The summed E-state index contributed by atoms with van der Waals surface area (Å²) < 4.78 is 5.55. The smallest absolute Gasteiger partial charge is 0.270 e. The molecule has 1 aliphatic heterocycles. The number of hydrogen-bond donors (Lipinski definition) is 1. The van der Waals surface area contributed by atoms with Crippen LogP contribution < -0.4 is 15.0 Å². The number of hydrogen-bond acceptors (Lipinski definition) is 4. The van der Waals surface area contributed by atoms with Crippen molar-refractivity contribution in [2.45, 2.75) is 6.92 Å². The van der Waals surface area contributed by atoms with Gasteiger partial charge in [0, 0.05) is 5.56 Å². The van der Waals surface area contributed by atoms with Gasteiger partial charge < -0.3 is 4.74 Å². The fourth-order valence-electron chi connectivity index (χ4n) is 2.58. The molecule has 0 aromatic heterocycles. The Morgan fingerprint density at radius 1 is 1.15 bits per heavy atom. The number of halogens is 2. The Kier molecular flexibility index (Phi) is 5.79. The summed E-state index contributed by atoms with van der Waals surface area (Å²) in [6.07, 6.45) is 1.47. The van der Waals surface area contributed by atoms with Gasteiger partial charge in [0.25, 0.3) is 11.8 Å². The van der Waals surface area contributed by atoms with Gasteiger partial charge in [-0.25, -0.2) is 0 Å². The largest absolute Gasteiger partial charge is 0.493 e. The molecule has 0 saturated carbocycles. The predicted octanol–water partition coefficient (Wildman–Crippen LogP) is 4.22. The van der Waals surface area contributed by atoms with Crippen molar-refractivity contribution in [1.82, 2.24) is 5.32 Å². The van der Waals surface area contributed by atoms with Crippen LogP contribution in [0.3, 0.4) is 0 Å². The Bertz CT molecular complexity index is 975.